The Morgan fingerprint density at radius 2 is 1.68 bits per heavy atom. The van der Waals surface area contributed by atoms with Gasteiger partial charge in [-0.2, -0.15) is 8.78 Å². The van der Waals surface area contributed by atoms with E-state index in [1.54, 1.807) is 0 Å². The highest BCUT2D eigenvalue weighted by atomic mass is 19.3. The van der Waals surface area contributed by atoms with Gasteiger partial charge in [0.05, 0.1) is 6.61 Å². The molecular weight excluding hydrogens is 276 g/mol. The third kappa shape index (κ3) is 9.40. The molecule has 0 aromatic carbocycles. The molecule has 0 radical (unpaired) electrons. The number of halogens is 4. The fraction of sp³-hybridized carbons (Fsp3) is 0.700. The van der Waals surface area contributed by atoms with E-state index in [1.165, 1.54) is 6.92 Å². The molecule has 0 aliphatic heterocycles. The summed E-state index contributed by atoms with van der Waals surface area (Å²) in [4.78, 5) is 10.8. The summed E-state index contributed by atoms with van der Waals surface area (Å²) in [5, 5.41) is 12.0. The number of carbonyl (C=O) groups is 1. The van der Waals surface area contributed by atoms with Crippen LogP contribution < -0.4 is 0 Å². The van der Waals surface area contributed by atoms with Gasteiger partial charge in [0.1, 0.15) is 0 Å². The fourth-order valence-electron chi connectivity index (χ4n) is 0.802. The van der Waals surface area contributed by atoms with E-state index in [0.717, 1.165) is 0 Å². The molecule has 116 valence electrons. The predicted octanol–water partition coefficient (Wildman–Crippen LogP) is 2.37. The number of hydrogen-bond donors (Lipinski definition) is 2. The molecule has 0 spiro atoms. The average molecular weight is 294 g/mol. The van der Waals surface area contributed by atoms with Crippen molar-refractivity contribution >= 4 is 5.97 Å². The van der Waals surface area contributed by atoms with Crippen LogP contribution in [-0.4, -0.2) is 40.4 Å². The highest BCUT2D eigenvalue weighted by Crippen LogP contribution is 2.37. The van der Waals surface area contributed by atoms with E-state index in [4.69, 9.17) is 10.5 Å². The molecule has 0 saturated carbocycles. The normalized spacial score (nSPS) is 10.7. The lowest BCUT2D eigenvalue weighted by molar-refractivity contribution is -0.202. The van der Waals surface area contributed by atoms with E-state index in [0.29, 0.717) is 0 Å². The zero-order chi connectivity index (χ0) is 15.0. The lowest BCUT2D eigenvalue weighted by Crippen LogP contribution is -2.37. The van der Waals surface area contributed by atoms with Gasteiger partial charge in [-0.3, -0.25) is 10.5 Å². The van der Waals surface area contributed by atoms with Crippen LogP contribution in [0.1, 0.15) is 26.7 Å². The lowest BCUT2D eigenvalue weighted by atomic mass is 10.1. The van der Waals surface area contributed by atoms with Crippen LogP contribution in [0.25, 0.3) is 0 Å². The lowest BCUT2D eigenvalue weighted by Gasteiger charge is -2.22. The fourth-order valence-corrected chi connectivity index (χ4v) is 0.802. The van der Waals surface area contributed by atoms with Crippen molar-refractivity contribution in [3.05, 3.63) is 12.2 Å². The number of rotatable bonds is 6. The van der Waals surface area contributed by atoms with Crippen LogP contribution in [0.15, 0.2) is 12.2 Å². The number of esters is 1. The van der Waals surface area contributed by atoms with Crippen LogP contribution >= 0.6 is 0 Å². The van der Waals surface area contributed by atoms with Crippen molar-refractivity contribution in [3.63, 3.8) is 0 Å². The molecule has 0 heterocycles. The van der Waals surface area contributed by atoms with Gasteiger partial charge < -0.3 is 10.2 Å². The molecule has 0 aliphatic carbocycles. The van der Waals surface area contributed by atoms with Crippen molar-refractivity contribution in [3.8, 4) is 0 Å². The van der Waals surface area contributed by atoms with E-state index in [9.17, 15) is 22.4 Å². The predicted molar refractivity (Wildman–Crippen MR) is 59.4 cm³/mol. The first-order valence-electron chi connectivity index (χ1n) is 4.86. The zero-order valence-corrected chi connectivity index (χ0v) is 10.6. The van der Waals surface area contributed by atoms with Crippen molar-refractivity contribution in [2.45, 2.75) is 38.5 Å². The van der Waals surface area contributed by atoms with Gasteiger partial charge in [0.2, 0.25) is 0 Å². The molecule has 0 aromatic rings. The van der Waals surface area contributed by atoms with Gasteiger partial charge >= 0.3 is 17.8 Å². The van der Waals surface area contributed by atoms with Crippen molar-refractivity contribution in [2.24, 2.45) is 0 Å². The summed E-state index contributed by atoms with van der Waals surface area (Å²) in [6, 6.07) is 0. The smallest absolute Gasteiger partial charge is 0.333 e. The third-order valence-corrected chi connectivity index (χ3v) is 1.86. The molecule has 0 saturated heterocycles. The minimum Gasteiger partial charge on any atom is -0.462 e. The minimum atomic E-state index is -4.08. The standard InChI is InChI=1S/C10H14F4O2.H2O2.H2O/c1-7(2)8(15)16-6-4-5-10(13,14)9(3,11)12;1-2;/h1,4-6H2,2-3H3;1-2H;1H2. The molecule has 0 atom stereocenters. The monoisotopic (exact) mass is 294 g/mol. The molecular formula is C10H18F4O5. The van der Waals surface area contributed by atoms with Crippen LogP contribution in [0, 0.1) is 0 Å². The molecule has 5 nitrogen and oxygen atoms in total. The Bertz CT molecular complexity index is 276. The summed E-state index contributed by atoms with van der Waals surface area (Å²) in [6.45, 7) is 4.52. The Morgan fingerprint density at radius 1 is 1.26 bits per heavy atom. The van der Waals surface area contributed by atoms with Crippen LogP contribution in [0.4, 0.5) is 17.6 Å². The van der Waals surface area contributed by atoms with E-state index in [2.05, 4.69) is 11.3 Å². The number of carbonyl (C=O) groups excluding carboxylic acids is 1. The highest BCUT2D eigenvalue weighted by molar-refractivity contribution is 5.86. The van der Waals surface area contributed by atoms with Gasteiger partial charge in [-0.15, -0.1) is 0 Å². The van der Waals surface area contributed by atoms with E-state index in [-0.39, 0.29) is 31.0 Å². The molecule has 0 rings (SSSR count). The summed E-state index contributed by atoms with van der Waals surface area (Å²) in [7, 11) is 0. The van der Waals surface area contributed by atoms with Crippen molar-refractivity contribution in [2.75, 3.05) is 6.61 Å². The number of hydrogen-bond acceptors (Lipinski definition) is 4. The summed E-state index contributed by atoms with van der Waals surface area (Å²) in [5.74, 6) is -8.86. The maximum Gasteiger partial charge on any atom is 0.333 e. The Morgan fingerprint density at radius 3 is 2.00 bits per heavy atom. The topological polar surface area (TPSA) is 98.3 Å². The van der Waals surface area contributed by atoms with Crippen LogP contribution in [0.2, 0.25) is 0 Å². The Hall–Kier alpha value is -1.19. The summed E-state index contributed by atoms with van der Waals surface area (Å²) >= 11 is 0. The van der Waals surface area contributed by atoms with E-state index < -0.39 is 24.2 Å². The largest absolute Gasteiger partial charge is 0.462 e. The van der Waals surface area contributed by atoms with Gasteiger partial charge in [0.15, 0.2) is 0 Å². The second-order valence-electron chi connectivity index (χ2n) is 3.61. The first-order valence-corrected chi connectivity index (χ1v) is 4.86. The first-order chi connectivity index (χ1) is 8.08. The Labute approximate surface area is 107 Å². The van der Waals surface area contributed by atoms with Gasteiger partial charge in [0.25, 0.3) is 0 Å². The van der Waals surface area contributed by atoms with Crippen molar-refractivity contribution in [1.82, 2.24) is 0 Å². The van der Waals surface area contributed by atoms with Crippen LogP contribution in [0.3, 0.4) is 0 Å². The van der Waals surface area contributed by atoms with Gasteiger partial charge in [-0.25, -0.2) is 13.6 Å². The molecule has 0 fully saturated rings. The molecule has 4 N–H and O–H groups in total. The number of alkyl halides is 4. The average Bonchev–Trinajstić information content (AvgIpc) is 2.25. The quantitative estimate of drug-likeness (QED) is 0.196. The van der Waals surface area contributed by atoms with Crippen molar-refractivity contribution < 1.29 is 43.1 Å². The molecule has 0 aromatic heterocycles. The molecule has 0 bridgehead atoms. The Kier molecular flexibility index (Phi) is 11.7. The van der Waals surface area contributed by atoms with E-state index >= 15 is 0 Å². The third-order valence-electron chi connectivity index (χ3n) is 1.86. The second kappa shape index (κ2) is 9.70. The van der Waals surface area contributed by atoms with E-state index in [1.807, 2.05) is 0 Å². The Balaban J connectivity index is -0.000000809. The SMILES string of the molecule is C=C(C)C(=O)OCCCC(F)(F)C(C)(F)F.O.OO. The molecule has 0 aliphatic rings. The maximum absolute atomic E-state index is 12.7. The van der Waals surface area contributed by atoms with Gasteiger partial charge in [-0.1, -0.05) is 6.58 Å². The van der Waals surface area contributed by atoms with Crippen molar-refractivity contribution in [1.29, 1.82) is 0 Å². The number of ether oxygens (including phenoxy) is 1. The highest BCUT2D eigenvalue weighted by Gasteiger charge is 2.51. The molecule has 9 heteroatoms. The van der Waals surface area contributed by atoms with Crippen LogP contribution in [-0.2, 0) is 9.53 Å². The minimum absolute atomic E-state index is 0. The molecule has 0 amide bonds. The second-order valence-corrected chi connectivity index (χ2v) is 3.61. The zero-order valence-electron chi connectivity index (χ0n) is 10.6. The summed E-state index contributed by atoms with van der Waals surface area (Å²) in [6.07, 6.45) is -1.35. The molecule has 19 heavy (non-hydrogen) atoms. The maximum atomic E-state index is 12.7. The summed E-state index contributed by atoms with van der Waals surface area (Å²) < 4.78 is 54.6. The summed E-state index contributed by atoms with van der Waals surface area (Å²) in [5.41, 5.74) is 0.132. The van der Waals surface area contributed by atoms with Crippen LogP contribution in [0.5, 0.6) is 0 Å². The molecule has 0 unspecified atom stereocenters. The van der Waals surface area contributed by atoms with Gasteiger partial charge in [-0.05, 0) is 13.3 Å². The van der Waals surface area contributed by atoms with Gasteiger partial charge in [0, 0.05) is 18.9 Å². The first kappa shape index (κ1) is 22.9.